The molecule has 3 heterocycles. The molecule has 5 aromatic rings. The number of nitrogens with zero attached hydrogens (tertiary/aromatic N) is 1. The molecule has 0 bridgehead atoms. The van der Waals surface area contributed by atoms with Gasteiger partial charge >= 0.3 is 5.97 Å². The molecule has 0 saturated heterocycles. The van der Waals surface area contributed by atoms with Crippen molar-refractivity contribution in [1.29, 1.82) is 0 Å². The van der Waals surface area contributed by atoms with Crippen LogP contribution >= 0.6 is 0 Å². The summed E-state index contributed by atoms with van der Waals surface area (Å²) in [6.45, 7) is 0.556. The fourth-order valence-electron chi connectivity index (χ4n) is 5.56. The molecule has 2 aromatic heterocycles. The van der Waals surface area contributed by atoms with Crippen molar-refractivity contribution in [3.8, 4) is 22.9 Å². The van der Waals surface area contributed by atoms with Crippen molar-refractivity contribution < 1.29 is 36.2 Å². The summed E-state index contributed by atoms with van der Waals surface area (Å²) in [5.74, 6) is -3.58. The summed E-state index contributed by atoms with van der Waals surface area (Å²) in [5, 5.41) is 12.6. The number of carboxylic acid groups (broad SMARTS) is 1. The van der Waals surface area contributed by atoms with E-state index in [4.69, 9.17) is 9.84 Å². The smallest absolute Gasteiger partial charge is 0.303 e. The number of carbonyl (C=O) groups is 1. The first-order valence-corrected chi connectivity index (χ1v) is 15.7. The van der Waals surface area contributed by atoms with Crippen LogP contribution in [0.25, 0.3) is 22.3 Å². The quantitative estimate of drug-likeness (QED) is 0.171. The van der Waals surface area contributed by atoms with Crippen molar-refractivity contribution in [1.82, 2.24) is 20.3 Å². The molecule has 3 aromatic carbocycles. The second-order valence-electron chi connectivity index (χ2n) is 10.6. The van der Waals surface area contributed by atoms with Crippen molar-refractivity contribution in [3.63, 3.8) is 0 Å². The van der Waals surface area contributed by atoms with E-state index in [1.165, 1.54) is 24.4 Å². The fourth-order valence-corrected chi connectivity index (χ4v) is 6.61. The van der Waals surface area contributed by atoms with Gasteiger partial charge in [0.05, 0.1) is 17.3 Å². The first-order valence-electron chi connectivity index (χ1n) is 13.8. The predicted molar refractivity (Wildman–Crippen MR) is 156 cm³/mol. The number of benzene rings is 3. The molecule has 0 spiro atoms. The monoisotopic (exact) mass is 624 g/mol. The highest BCUT2D eigenvalue weighted by molar-refractivity contribution is 7.91. The summed E-state index contributed by atoms with van der Waals surface area (Å²) in [5.41, 5.74) is 1.94. The maximum Gasteiger partial charge on any atom is 0.303 e. The molecule has 0 amide bonds. The van der Waals surface area contributed by atoms with Crippen molar-refractivity contribution in [2.24, 2.45) is 0 Å². The molecule has 1 aliphatic rings. The lowest BCUT2D eigenvalue weighted by Crippen LogP contribution is -2.24. The predicted octanol–water partition coefficient (Wildman–Crippen LogP) is 5.81. The summed E-state index contributed by atoms with van der Waals surface area (Å²) in [4.78, 5) is 21.3. The number of hydrogen-bond acceptors (Lipinski definition) is 6. The zero-order chi connectivity index (χ0) is 31.2. The highest BCUT2D eigenvalue weighted by atomic mass is 32.2. The van der Waals surface area contributed by atoms with E-state index in [0.29, 0.717) is 30.8 Å². The Labute approximate surface area is 250 Å². The van der Waals surface area contributed by atoms with Crippen molar-refractivity contribution in [3.05, 3.63) is 94.7 Å². The largest absolute Gasteiger partial charge is 0.481 e. The van der Waals surface area contributed by atoms with Crippen LogP contribution in [0.1, 0.15) is 41.4 Å². The number of fused-ring (bicyclic) bond motifs is 2. The van der Waals surface area contributed by atoms with Gasteiger partial charge in [-0.05, 0) is 55.6 Å². The summed E-state index contributed by atoms with van der Waals surface area (Å²) in [6.07, 6.45) is 3.47. The van der Waals surface area contributed by atoms with E-state index in [1.54, 1.807) is 18.2 Å². The first kappa shape index (κ1) is 29.5. The van der Waals surface area contributed by atoms with Crippen molar-refractivity contribution in [2.45, 2.75) is 36.6 Å². The van der Waals surface area contributed by atoms with E-state index in [9.17, 15) is 13.2 Å². The first-order chi connectivity index (χ1) is 21.0. The molecule has 9 nitrogen and oxygen atoms in total. The molecular formula is C31H27F3N4O5S. The lowest BCUT2D eigenvalue weighted by atomic mass is 9.97. The minimum absolute atomic E-state index is 0.0194. The van der Waals surface area contributed by atoms with E-state index in [0.717, 1.165) is 18.4 Å². The minimum atomic E-state index is -3.94. The van der Waals surface area contributed by atoms with Gasteiger partial charge < -0.3 is 25.1 Å². The van der Waals surface area contributed by atoms with Gasteiger partial charge in [0.15, 0.2) is 21.4 Å². The van der Waals surface area contributed by atoms with E-state index in [1.807, 2.05) is 0 Å². The molecule has 0 radical (unpaired) electrons. The van der Waals surface area contributed by atoms with Gasteiger partial charge in [-0.25, -0.2) is 26.6 Å². The summed E-state index contributed by atoms with van der Waals surface area (Å²) >= 11 is 0. The number of aryl methyl sites for hydroxylation is 2. The Morgan fingerprint density at radius 1 is 1.11 bits per heavy atom. The Bertz CT molecular complexity index is 2020. The zero-order valence-corrected chi connectivity index (χ0v) is 24.2. The number of H-pyrrole nitrogens is 2. The van der Waals surface area contributed by atoms with Gasteiger partial charge in [0.1, 0.15) is 28.1 Å². The maximum atomic E-state index is 15.6. The zero-order valence-electron chi connectivity index (χ0n) is 23.4. The highest BCUT2D eigenvalue weighted by Gasteiger charge is 2.29. The van der Waals surface area contributed by atoms with Crippen molar-refractivity contribution in [2.75, 3.05) is 12.8 Å². The SMILES string of the molecule is CS(=O)(=O)c1c(Oc2ccc(F)c(-c3nc4c([nH]3)CCCNC4c3cccc(CCC(=O)O)c3F)c2)c(F)cc2[nH]ccc12. The number of hydrogen-bond donors (Lipinski definition) is 4. The molecule has 0 aliphatic carbocycles. The molecular weight excluding hydrogens is 597 g/mol. The molecule has 44 heavy (non-hydrogen) atoms. The summed E-state index contributed by atoms with van der Waals surface area (Å²) < 4.78 is 77.0. The van der Waals surface area contributed by atoms with Crippen molar-refractivity contribution >= 4 is 26.7 Å². The van der Waals surface area contributed by atoms with Gasteiger partial charge in [0.25, 0.3) is 0 Å². The summed E-state index contributed by atoms with van der Waals surface area (Å²) in [6, 6.07) is 10.4. The van der Waals surface area contributed by atoms with Gasteiger partial charge in [-0.3, -0.25) is 4.79 Å². The molecule has 6 rings (SSSR count). The lowest BCUT2D eigenvalue weighted by Gasteiger charge is -2.18. The molecule has 1 atom stereocenters. The van der Waals surface area contributed by atoms with Gasteiger partial charge in [0.2, 0.25) is 0 Å². The number of carboxylic acids is 1. The van der Waals surface area contributed by atoms with Crippen LogP contribution in [-0.2, 0) is 27.5 Å². The van der Waals surface area contributed by atoms with Crippen LogP contribution in [0.5, 0.6) is 11.5 Å². The van der Waals surface area contributed by atoms with Crippen LogP contribution < -0.4 is 10.1 Å². The number of halogens is 3. The van der Waals surface area contributed by atoms with Crippen LogP contribution in [0.3, 0.4) is 0 Å². The van der Waals surface area contributed by atoms with Crippen LogP contribution in [-0.4, -0.2) is 47.2 Å². The van der Waals surface area contributed by atoms with E-state index in [-0.39, 0.29) is 56.9 Å². The van der Waals surface area contributed by atoms with Gasteiger partial charge in [-0.1, -0.05) is 18.2 Å². The standard InChI is InChI=1S/C31H27F3N4O5S/c1-44(41,42)30-18-11-13-35-24(18)15-22(33)29(30)43-17-8-9-21(32)20(14-17)31-37-23-6-3-12-36-27(28(23)38-31)19-5-2-4-16(26(19)34)7-10-25(39)40/h2,4-5,8-9,11,13-15,27,35-36H,3,6-7,10,12H2,1H3,(H,37,38)(H,39,40). The minimum Gasteiger partial charge on any atom is -0.481 e. The van der Waals surface area contributed by atoms with Gasteiger partial charge in [-0.2, -0.15) is 0 Å². The number of sulfone groups is 1. The molecule has 228 valence electrons. The number of imidazole rings is 1. The normalized spacial score (nSPS) is 15.2. The second-order valence-corrected chi connectivity index (χ2v) is 12.6. The third-order valence-electron chi connectivity index (χ3n) is 7.57. The molecule has 1 aliphatic heterocycles. The van der Waals surface area contributed by atoms with Gasteiger partial charge in [0, 0.05) is 47.1 Å². The Kier molecular flexibility index (Phi) is 7.68. The Morgan fingerprint density at radius 3 is 2.70 bits per heavy atom. The highest BCUT2D eigenvalue weighted by Crippen LogP contribution is 2.39. The average molecular weight is 625 g/mol. The summed E-state index contributed by atoms with van der Waals surface area (Å²) in [7, 11) is -3.94. The average Bonchev–Trinajstić information content (AvgIpc) is 3.55. The number of aromatic amines is 2. The number of aliphatic carboxylic acids is 1. The van der Waals surface area contributed by atoms with Crippen LogP contribution in [0, 0.1) is 17.5 Å². The molecule has 13 heteroatoms. The topological polar surface area (TPSA) is 137 Å². The van der Waals surface area contributed by atoms with Crippen LogP contribution in [0.4, 0.5) is 13.2 Å². The number of rotatable bonds is 8. The Morgan fingerprint density at radius 2 is 1.93 bits per heavy atom. The number of ether oxygens (including phenoxy) is 1. The molecule has 4 N–H and O–H groups in total. The van der Waals surface area contributed by atoms with E-state index < -0.39 is 45.0 Å². The fraction of sp³-hybridized carbons (Fsp3) is 0.226. The van der Waals surface area contributed by atoms with Crippen LogP contribution in [0.2, 0.25) is 0 Å². The molecule has 1 unspecified atom stereocenters. The Hall–Kier alpha value is -4.62. The van der Waals surface area contributed by atoms with E-state index in [2.05, 4.69) is 20.3 Å². The maximum absolute atomic E-state index is 15.6. The molecule has 0 fully saturated rings. The number of nitrogens with one attached hydrogen (secondary N) is 3. The third-order valence-corrected chi connectivity index (χ3v) is 8.71. The third kappa shape index (κ3) is 5.55. The Balaban J connectivity index is 1.39. The van der Waals surface area contributed by atoms with Crippen LogP contribution in [0.15, 0.2) is 59.6 Å². The van der Waals surface area contributed by atoms with E-state index >= 15 is 13.2 Å². The second kappa shape index (κ2) is 11.5. The molecule has 0 saturated carbocycles. The number of aromatic nitrogens is 3. The lowest BCUT2D eigenvalue weighted by molar-refractivity contribution is -0.136. The van der Waals surface area contributed by atoms with Gasteiger partial charge in [-0.15, -0.1) is 0 Å².